The minimum Gasteiger partial charge on any atom is -0.496 e. The van der Waals surface area contributed by atoms with Crippen LogP contribution in [0.1, 0.15) is 10.4 Å². The van der Waals surface area contributed by atoms with Crippen LogP contribution in [0, 0.1) is 0 Å². The molecule has 0 saturated carbocycles. The van der Waals surface area contributed by atoms with Crippen LogP contribution >= 0.6 is 0 Å². The highest BCUT2D eigenvalue weighted by molar-refractivity contribution is 6.08. The van der Waals surface area contributed by atoms with Crippen molar-refractivity contribution < 1.29 is 14.3 Å². The van der Waals surface area contributed by atoms with Gasteiger partial charge >= 0.3 is 0 Å². The summed E-state index contributed by atoms with van der Waals surface area (Å²) >= 11 is 0. The molecule has 104 valence electrons. The second kappa shape index (κ2) is 5.92. The van der Waals surface area contributed by atoms with E-state index in [1.807, 2.05) is 0 Å². The van der Waals surface area contributed by atoms with Gasteiger partial charge in [0.1, 0.15) is 17.1 Å². The average Bonchev–Trinajstić information content (AvgIpc) is 2.48. The Balaban J connectivity index is 2.33. The van der Waals surface area contributed by atoms with Crippen LogP contribution in [0.5, 0.6) is 11.5 Å². The van der Waals surface area contributed by atoms with Gasteiger partial charge in [0.15, 0.2) is 0 Å². The Morgan fingerprint density at radius 2 is 1.75 bits per heavy atom. The molecule has 0 aliphatic carbocycles. The standard InChI is InChI=1S/C14H14N2O4/c1-19-10-4-3-5-11(20-2)13(10)14(18)16-9-6-7-12(17)15-8-9/h3-8H,1-2H3,(H,15,17)(H,16,18). The number of nitrogens with one attached hydrogen (secondary N) is 2. The third kappa shape index (κ3) is 2.80. The molecule has 1 aromatic heterocycles. The van der Waals surface area contributed by atoms with Gasteiger partial charge in [-0.05, 0) is 18.2 Å². The van der Waals surface area contributed by atoms with E-state index >= 15 is 0 Å². The minimum absolute atomic E-state index is 0.238. The Morgan fingerprint density at radius 3 is 2.25 bits per heavy atom. The number of aromatic amines is 1. The van der Waals surface area contributed by atoms with Crippen LogP contribution in [0.15, 0.2) is 41.3 Å². The molecule has 0 unspecified atom stereocenters. The van der Waals surface area contributed by atoms with E-state index in [9.17, 15) is 9.59 Å². The molecule has 2 rings (SSSR count). The van der Waals surface area contributed by atoms with Gasteiger partial charge in [-0.25, -0.2) is 0 Å². The number of hydrogen-bond acceptors (Lipinski definition) is 4. The average molecular weight is 274 g/mol. The molecular formula is C14H14N2O4. The lowest BCUT2D eigenvalue weighted by Gasteiger charge is -2.12. The zero-order valence-electron chi connectivity index (χ0n) is 11.1. The summed E-state index contributed by atoms with van der Waals surface area (Å²) < 4.78 is 10.3. The first-order valence-corrected chi connectivity index (χ1v) is 5.87. The van der Waals surface area contributed by atoms with E-state index < -0.39 is 0 Å². The molecule has 20 heavy (non-hydrogen) atoms. The summed E-state index contributed by atoms with van der Waals surface area (Å²) in [5.41, 5.74) is 0.532. The number of carbonyl (C=O) groups is 1. The molecule has 0 radical (unpaired) electrons. The van der Waals surface area contributed by atoms with Crippen molar-refractivity contribution in [3.05, 3.63) is 52.4 Å². The van der Waals surface area contributed by atoms with E-state index in [-0.39, 0.29) is 11.5 Å². The number of rotatable bonds is 4. The van der Waals surface area contributed by atoms with Crippen LogP contribution in [0.2, 0.25) is 0 Å². The van der Waals surface area contributed by atoms with Crippen molar-refractivity contribution in [3.63, 3.8) is 0 Å². The maximum atomic E-state index is 12.3. The lowest BCUT2D eigenvalue weighted by atomic mass is 10.1. The smallest absolute Gasteiger partial charge is 0.263 e. The lowest BCUT2D eigenvalue weighted by molar-refractivity contribution is 0.102. The summed E-state index contributed by atoms with van der Waals surface area (Å²) in [5.74, 6) is 0.434. The van der Waals surface area contributed by atoms with Crippen LogP contribution in [0.3, 0.4) is 0 Å². The highest BCUT2D eigenvalue weighted by Crippen LogP contribution is 2.28. The number of hydrogen-bond donors (Lipinski definition) is 2. The third-order valence-corrected chi connectivity index (χ3v) is 2.70. The molecule has 1 heterocycles. The maximum absolute atomic E-state index is 12.3. The molecule has 0 atom stereocenters. The summed E-state index contributed by atoms with van der Waals surface area (Å²) in [6, 6.07) is 7.91. The van der Waals surface area contributed by atoms with Crippen LogP contribution in [0.4, 0.5) is 5.69 Å². The van der Waals surface area contributed by atoms with Gasteiger partial charge in [0.25, 0.3) is 5.91 Å². The third-order valence-electron chi connectivity index (χ3n) is 2.70. The van der Waals surface area contributed by atoms with Gasteiger partial charge in [-0.1, -0.05) is 6.07 Å². The molecule has 0 fully saturated rings. The summed E-state index contributed by atoms with van der Waals surface area (Å²) in [5, 5.41) is 2.67. The minimum atomic E-state index is -0.383. The monoisotopic (exact) mass is 274 g/mol. The molecule has 6 nitrogen and oxygen atoms in total. The number of methoxy groups -OCH3 is 2. The van der Waals surface area contributed by atoms with Crippen LogP contribution in [-0.2, 0) is 0 Å². The highest BCUT2D eigenvalue weighted by Gasteiger charge is 2.18. The SMILES string of the molecule is COc1cccc(OC)c1C(=O)Nc1ccc(=O)[nH]c1. The summed E-state index contributed by atoms with van der Waals surface area (Å²) in [7, 11) is 2.96. The number of pyridine rings is 1. The molecule has 0 aliphatic rings. The molecule has 2 aromatic rings. The van der Waals surface area contributed by atoms with Crippen molar-refractivity contribution in [2.45, 2.75) is 0 Å². The number of aromatic nitrogens is 1. The largest absolute Gasteiger partial charge is 0.496 e. The second-order valence-corrected chi connectivity index (χ2v) is 3.93. The van der Waals surface area contributed by atoms with Crippen molar-refractivity contribution in [1.29, 1.82) is 0 Å². The molecular weight excluding hydrogens is 260 g/mol. The molecule has 0 aliphatic heterocycles. The molecule has 1 amide bonds. The zero-order valence-corrected chi connectivity index (χ0v) is 11.1. The van der Waals surface area contributed by atoms with Gasteiger partial charge in [-0.2, -0.15) is 0 Å². The molecule has 0 bridgehead atoms. The molecule has 0 spiro atoms. The first-order chi connectivity index (χ1) is 9.65. The van der Waals surface area contributed by atoms with Crippen molar-refractivity contribution in [3.8, 4) is 11.5 Å². The van der Waals surface area contributed by atoms with Crippen molar-refractivity contribution in [2.24, 2.45) is 0 Å². The number of ether oxygens (including phenoxy) is 2. The maximum Gasteiger partial charge on any atom is 0.263 e. The summed E-state index contributed by atoms with van der Waals surface area (Å²) in [6.45, 7) is 0. The fourth-order valence-electron chi connectivity index (χ4n) is 1.76. The predicted molar refractivity (Wildman–Crippen MR) is 74.6 cm³/mol. The van der Waals surface area contributed by atoms with E-state index in [0.717, 1.165) is 0 Å². The normalized spacial score (nSPS) is 9.90. The molecule has 0 saturated heterocycles. The number of anilines is 1. The Kier molecular flexibility index (Phi) is 4.05. The van der Waals surface area contributed by atoms with Gasteiger partial charge in [0.2, 0.25) is 5.56 Å². The van der Waals surface area contributed by atoms with E-state index in [1.165, 1.54) is 32.5 Å². The second-order valence-electron chi connectivity index (χ2n) is 3.93. The summed E-state index contributed by atoms with van der Waals surface area (Å²) in [4.78, 5) is 25.7. The van der Waals surface area contributed by atoms with Gasteiger partial charge in [0, 0.05) is 12.3 Å². The Bertz CT molecular complexity index is 636. The highest BCUT2D eigenvalue weighted by atomic mass is 16.5. The van der Waals surface area contributed by atoms with Crippen molar-refractivity contribution in [1.82, 2.24) is 4.98 Å². The van der Waals surface area contributed by atoms with Crippen LogP contribution in [0.25, 0.3) is 0 Å². The number of amides is 1. The zero-order chi connectivity index (χ0) is 14.5. The van der Waals surface area contributed by atoms with E-state index in [4.69, 9.17) is 9.47 Å². The van der Waals surface area contributed by atoms with Crippen molar-refractivity contribution >= 4 is 11.6 Å². The number of H-pyrrole nitrogens is 1. The first kappa shape index (κ1) is 13.7. The van der Waals surface area contributed by atoms with Crippen molar-refractivity contribution in [2.75, 3.05) is 19.5 Å². The van der Waals surface area contributed by atoms with Gasteiger partial charge in [-0.3, -0.25) is 9.59 Å². The first-order valence-electron chi connectivity index (χ1n) is 5.87. The van der Waals surface area contributed by atoms with E-state index in [0.29, 0.717) is 22.7 Å². The Labute approximate surface area is 115 Å². The number of benzene rings is 1. The lowest BCUT2D eigenvalue weighted by Crippen LogP contribution is -2.15. The molecule has 2 N–H and O–H groups in total. The fourth-order valence-corrected chi connectivity index (χ4v) is 1.76. The Hall–Kier alpha value is -2.76. The topological polar surface area (TPSA) is 80.4 Å². The molecule has 1 aromatic carbocycles. The van der Waals surface area contributed by atoms with Gasteiger partial charge in [-0.15, -0.1) is 0 Å². The predicted octanol–water partition coefficient (Wildman–Crippen LogP) is 1.64. The van der Waals surface area contributed by atoms with E-state index in [2.05, 4.69) is 10.3 Å². The van der Waals surface area contributed by atoms with Gasteiger partial charge < -0.3 is 19.8 Å². The quantitative estimate of drug-likeness (QED) is 0.888. The fraction of sp³-hybridized carbons (Fsp3) is 0.143. The van der Waals surface area contributed by atoms with Crippen LogP contribution < -0.4 is 20.3 Å². The summed E-state index contributed by atoms with van der Waals surface area (Å²) in [6.07, 6.45) is 1.42. The Morgan fingerprint density at radius 1 is 1.10 bits per heavy atom. The van der Waals surface area contributed by atoms with Crippen LogP contribution in [-0.4, -0.2) is 25.1 Å². The van der Waals surface area contributed by atoms with Gasteiger partial charge in [0.05, 0.1) is 19.9 Å². The van der Waals surface area contributed by atoms with E-state index in [1.54, 1.807) is 18.2 Å². The molecule has 6 heteroatoms. The number of carbonyl (C=O) groups excluding carboxylic acids is 1.